The number of nitrogens with one attached hydrogen (secondary N) is 1. The molecule has 0 aromatic carbocycles. The average Bonchev–Trinajstić information content (AvgIpc) is 2.45. The van der Waals surface area contributed by atoms with E-state index in [2.05, 4.69) is 15.3 Å². The number of hydrogen-bond acceptors (Lipinski definition) is 5. The quantitative estimate of drug-likeness (QED) is 0.837. The van der Waals surface area contributed by atoms with E-state index in [0.29, 0.717) is 5.82 Å². The summed E-state index contributed by atoms with van der Waals surface area (Å²) in [7, 11) is -3.05. The van der Waals surface area contributed by atoms with Gasteiger partial charge in [0.1, 0.15) is 11.0 Å². The molecule has 1 unspecified atom stereocenters. The number of rotatable bonds is 2. The molecule has 0 fully saturated rings. The molecule has 1 aliphatic heterocycles. The Morgan fingerprint density at radius 2 is 2.27 bits per heavy atom. The molecule has 0 saturated carbocycles. The van der Waals surface area contributed by atoms with Crippen molar-refractivity contribution >= 4 is 27.3 Å². The maximum atomic E-state index is 11.1. The van der Waals surface area contributed by atoms with Gasteiger partial charge < -0.3 is 5.32 Å². The zero-order valence-electron chi connectivity index (χ0n) is 7.59. The lowest BCUT2D eigenvalue weighted by Gasteiger charge is -2.09. The highest BCUT2D eigenvalue weighted by atomic mass is 35.5. The van der Waals surface area contributed by atoms with Crippen LogP contribution in [0.5, 0.6) is 0 Å². The number of anilines is 1. The Kier molecular flexibility index (Phi) is 2.62. The molecule has 0 aliphatic carbocycles. The summed E-state index contributed by atoms with van der Waals surface area (Å²) in [5, 5.41) is 4.38. The van der Waals surface area contributed by atoms with Gasteiger partial charge in [0.15, 0.2) is 9.84 Å². The van der Waals surface area contributed by atoms with Gasteiger partial charge in [-0.15, -0.1) is 0 Å². The zero-order valence-corrected chi connectivity index (χ0v) is 9.16. The van der Waals surface area contributed by atoms with E-state index < -0.39 is 9.84 Å². The second-order valence-electron chi connectivity index (χ2n) is 3.14. The lowest BCUT2D eigenvalue weighted by Crippen LogP contribution is -2.21. The van der Waals surface area contributed by atoms with Gasteiger partial charge in [-0.05, 0) is 6.08 Å². The van der Waals surface area contributed by atoms with Crippen LogP contribution in [0.15, 0.2) is 23.9 Å². The fourth-order valence-corrected chi connectivity index (χ4v) is 2.65. The molecule has 0 bridgehead atoms. The molecule has 0 spiro atoms. The van der Waals surface area contributed by atoms with Crippen LogP contribution in [-0.2, 0) is 9.84 Å². The number of hydrogen-bond donors (Lipinski definition) is 1. The lowest BCUT2D eigenvalue weighted by atomic mass is 10.3. The minimum absolute atomic E-state index is 0.0429. The fourth-order valence-electron chi connectivity index (χ4n) is 1.27. The van der Waals surface area contributed by atoms with Gasteiger partial charge in [-0.25, -0.2) is 13.4 Å². The highest BCUT2D eigenvalue weighted by molar-refractivity contribution is 7.94. The summed E-state index contributed by atoms with van der Waals surface area (Å²) in [5.41, 5.74) is 0. The smallest absolute Gasteiger partial charge is 0.173 e. The third-order valence-electron chi connectivity index (χ3n) is 1.87. The van der Waals surface area contributed by atoms with Crippen LogP contribution < -0.4 is 5.32 Å². The topological polar surface area (TPSA) is 72.0 Å². The summed E-state index contributed by atoms with van der Waals surface area (Å²) in [6.45, 7) is 0. The van der Waals surface area contributed by atoms with E-state index in [0.717, 1.165) is 0 Å². The van der Waals surface area contributed by atoms with Gasteiger partial charge in [0.05, 0.1) is 24.2 Å². The van der Waals surface area contributed by atoms with Crippen LogP contribution in [0.2, 0.25) is 5.15 Å². The normalized spacial score (nSPS) is 22.9. The molecule has 0 saturated heterocycles. The van der Waals surface area contributed by atoms with Crippen molar-refractivity contribution in [3.8, 4) is 0 Å². The highest BCUT2D eigenvalue weighted by Crippen LogP contribution is 2.14. The van der Waals surface area contributed by atoms with Crippen LogP contribution in [0.1, 0.15) is 0 Å². The molecule has 1 N–H and O–H groups in total. The van der Waals surface area contributed by atoms with Crippen molar-refractivity contribution in [1.82, 2.24) is 9.97 Å². The Labute approximate surface area is 92.1 Å². The maximum absolute atomic E-state index is 11.1. The number of halogens is 1. The minimum atomic E-state index is -3.05. The molecule has 1 atom stereocenters. The van der Waals surface area contributed by atoms with Crippen LogP contribution in [-0.4, -0.2) is 30.2 Å². The SMILES string of the molecule is O=S1(=O)C=CC(Nc2cncc(Cl)n2)C1. The minimum Gasteiger partial charge on any atom is -0.361 e. The second kappa shape index (κ2) is 3.79. The molecule has 5 nitrogen and oxygen atoms in total. The summed E-state index contributed by atoms with van der Waals surface area (Å²) in [5.74, 6) is 0.510. The molecule has 2 rings (SSSR count). The summed E-state index contributed by atoms with van der Waals surface area (Å²) in [4.78, 5) is 7.78. The van der Waals surface area contributed by atoms with Crippen molar-refractivity contribution in [1.29, 1.82) is 0 Å². The van der Waals surface area contributed by atoms with Crippen molar-refractivity contribution in [2.45, 2.75) is 6.04 Å². The van der Waals surface area contributed by atoms with E-state index in [9.17, 15) is 8.42 Å². The molecule has 1 aromatic rings. The van der Waals surface area contributed by atoms with Gasteiger partial charge in [0, 0.05) is 5.41 Å². The van der Waals surface area contributed by atoms with Crippen molar-refractivity contribution in [2.75, 3.05) is 11.1 Å². The first-order chi connectivity index (χ1) is 7.05. The van der Waals surface area contributed by atoms with Gasteiger partial charge in [0.25, 0.3) is 0 Å². The Morgan fingerprint density at radius 1 is 1.47 bits per heavy atom. The van der Waals surface area contributed by atoms with E-state index in [1.165, 1.54) is 17.8 Å². The Hall–Kier alpha value is -1.14. The van der Waals surface area contributed by atoms with Gasteiger partial charge in [0.2, 0.25) is 0 Å². The summed E-state index contributed by atoms with van der Waals surface area (Å²) < 4.78 is 22.2. The summed E-state index contributed by atoms with van der Waals surface area (Å²) in [6, 6.07) is -0.261. The lowest BCUT2D eigenvalue weighted by molar-refractivity contribution is 0.605. The second-order valence-corrected chi connectivity index (χ2v) is 5.45. The first kappa shape index (κ1) is 10.4. The van der Waals surface area contributed by atoms with Crippen LogP contribution >= 0.6 is 11.6 Å². The molecule has 1 aromatic heterocycles. The van der Waals surface area contributed by atoms with Crippen molar-refractivity contribution in [3.05, 3.63) is 29.0 Å². The third-order valence-corrected chi connectivity index (χ3v) is 3.45. The van der Waals surface area contributed by atoms with Crippen LogP contribution in [0.3, 0.4) is 0 Å². The molecule has 7 heteroatoms. The number of sulfone groups is 1. The largest absolute Gasteiger partial charge is 0.361 e. The zero-order chi connectivity index (χ0) is 10.9. The average molecular weight is 246 g/mol. The maximum Gasteiger partial charge on any atom is 0.173 e. The third kappa shape index (κ3) is 2.66. The molecule has 2 heterocycles. The molecular weight excluding hydrogens is 238 g/mol. The van der Waals surface area contributed by atoms with Crippen LogP contribution in [0, 0.1) is 0 Å². The number of nitrogens with zero attached hydrogens (tertiary/aromatic N) is 2. The molecular formula is C8H8ClN3O2S. The standard InChI is InChI=1S/C8H8ClN3O2S/c9-7-3-10-4-8(12-7)11-6-1-2-15(13,14)5-6/h1-4,6H,5H2,(H,11,12). The summed E-state index contributed by atoms with van der Waals surface area (Å²) in [6.07, 6.45) is 4.48. The van der Waals surface area contributed by atoms with Crippen LogP contribution in [0.4, 0.5) is 5.82 Å². The van der Waals surface area contributed by atoms with Gasteiger partial charge in [-0.3, -0.25) is 4.98 Å². The molecule has 1 aliphatic rings. The van der Waals surface area contributed by atoms with Crippen molar-refractivity contribution < 1.29 is 8.42 Å². The van der Waals surface area contributed by atoms with E-state index in [1.807, 2.05) is 0 Å². The van der Waals surface area contributed by atoms with E-state index in [1.54, 1.807) is 6.08 Å². The van der Waals surface area contributed by atoms with Crippen molar-refractivity contribution in [3.63, 3.8) is 0 Å². The Balaban J connectivity index is 2.09. The van der Waals surface area contributed by atoms with E-state index in [4.69, 9.17) is 11.6 Å². The van der Waals surface area contributed by atoms with Gasteiger partial charge in [-0.2, -0.15) is 0 Å². The Morgan fingerprint density at radius 3 is 2.87 bits per heavy atom. The van der Waals surface area contributed by atoms with Gasteiger partial charge >= 0.3 is 0 Å². The highest BCUT2D eigenvalue weighted by Gasteiger charge is 2.21. The predicted molar refractivity (Wildman–Crippen MR) is 57.4 cm³/mol. The number of aromatic nitrogens is 2. The first-order valence-corrected chi connectivity index (χ1v) is 6.29. The van der Waals surface area contributed by atoms with Gasteiger partial charge in [-0.1, -0.05) is 11.6 Å². The molecule has 0 radical (unpaired) electrons. The molecule has 0 amide bonds. The fraction of sp³-hybridized carbons (Fsp3) is 0.250. The monoisotopic (exact) mass is 245 g/mol. The van der Waals surface area contributed by atoms with Crippen LogP contribution in [0.25, 0.3) is 0 Å². The van der Waals surface area contributed by atoms with E-state index in [-0.39, 0.29) is 16.9 Å². The van der Waals surface area contributed by atoms with Crippen molar-refractivity contribution in [2.24, 2.45) is 0 Å². The summed E-state index contributed by atoms with van der Waals surface area (Å²) >= 11 is 5.64. The molecule has 80 valence electrons. The Bertz CT molecular complexity index is 500. The van der Waals surface area contributed by atoms with E-state index >= 15 is 0 Å². The molecule has 15 heavy (non-hydrogen) atoms. The predicted octanol–water partition coefficient (Wildman–Crippen LogP) is 0.853. The first-order valence-electron chi connectivity index (χ1n) is 4.20.